The van der Waals surface area contributed by atoms with Crippen molar-refractivity contribution in [2.24, 2.45) is 18.9 Å². The molecule has 32 heavy (non-hydrogen) atoms. The largest absolute Gasteiger partial charge is 0.220 e. The van der Waals surface area contributed by atoms with Crippen molar-refractivity contribution in [2.75, 3.05) is 0 Å². The molecule has 0 aliphatic carbocycles. The van der Waals surface area contributed by atoms with Gasteiger partial charge in [-0.15, -0.1) is 0 Å². The molecular formula is C31H36N+. The Labute approximate surface area is 193 Å². The summed E-state index contributed by atoms with van der Waals surface area (Å²) in [4.78, 5) is 0. The summed E-state index contributed by atoms with van der Waals surface area (Å²) in [6.45, 7) is 13.8. The fourth-order valence-electron chi connectivity index (χ4n) is 5.36. The molecule has 1 aromatic heterocycles. The Morgan fingerprint density at radius 2 is 1.38 bits per heavy atom. The number of nitrogens with zero attached hydrogens (tertiary/aromatic N) is 1. The number of aromatic nitrogens is 1. The third kappa shape index (κ3) is 4.09. The van der Waals surface area contributed by atoms with Crippen molar-refractivity contribution in [3.63, 3.8) is 0 Å². The van der Waals surface area contributed by atoms with Crippen molar-refractivity contribution in [3.8, 4) is 22.4 Å². The molecule has 0 saturated heterocycles. The van der Waals surface area contributed by atoms with Gasteiger partial charge in [0.1, 0.15) is 7.05 Å². The lowest BCUT2D eigenvalue weighted by molar-refractivity contribution is -0.665. The lowest BCUT2D eigenvalue weighted by Gasteiger charge is -2.25. The maximum Gasteiger partial charge on any atom is 0.220 e. The number of hydrogen-bond acceptors (Lipinski definition) is 0. The van der Waals surface area contributed by atoms with E-state index in [9.17, 15) is 0 Å². The molecule has 1 heteroatoms. The van der Waals surface area contributed by atoms with E-state index in [2.05, 4.69) is 126 Å². The molecule has 0 fully saturated rings. The zero-order valence-electron chi connectivity index (χ0n) is 20.6. The highest BCUT2D eigenvalue weighted by Gasteiger charge is 2.23. The standard InChI is InChI=1S/C31H36N/c1-20(2)30(21(3)4)26-15-16-28-27(18-26)17-23(6)32(7)31(28)29-19-25(14-13-22(29)5)24-11-9-8-10-12-24/h8-21,30H,1-7H3/q+1. The van der Waals surface area contributed by atoms with Crippen LogP contribution in [0.5, 0.6) is 0 Å². The smallest absolute Gasteiger partial charge is 0.198 e. The average molecular weight is 423 g/mol. The summed E-state index contributed by atoms with van der Waals surface area (Å²) < 4.78 is 2.35. The Kier molecular flexibility index (Phi) is 6.20. The number of rotatable bonds is 5. The Hall–Kier alpha value is -2.93. The number of benzene rings is 3. The van der Waals surface area contributed by atoms with Crippen LogP contribution in [0.2, 0.25) is 0 Å². The predicted octanol–water partition coefficient (Wildman–Crippen LogP) is 8.01. The molecule has 1 heterocycles. The molecule has 4 aromatic rings. The molecule has 1 nitrogen and oxygen atoms in total. The lowest BCUT2D eigenvalue weighted by atomic mass is 9.79. The van der Waals surface area contributed by atoms with Gasteiger partial charge in [-0.25, -0.2) is 0 Å². The molecule has 0 amide bonds. The van der Waals surface area contributed by atoms with Gasteiger partial charge in [0.2, 0.25) is 5.69 Å². The van der Waals surface area contributed by atoms with Crippen molar-refractivity contribution in [3.05, 3.63) is 89.6 Å². The van der Waals surface area contributed by atoms with Crippen molar-refractivity contribution < 1.29 is 4.57 Å². The lowest BCUT2D eigenvalue weighted by Crippen LogP contribution is -2.35. The van der Waals surface area contributed by atoms with E-state index >= 15 is 0 Å². The van der Waals surface area contributed by atoms with Gasteiger partial charge in [0.05, 0.1) is 10.9 Å². The fraction of sp³-hybridized carbons (Fsp3) is 0.323. The topological polar surface area (TPSA) is 3.88 Å². The second-order valence-corrected chi connectivity index (χ2v) is 9.95. The minimum Gasteiger partial charge on any atom is -0.198 e. The van der Waals surface area contributed by atoms with Crippen LogP contribution in [0.15, 0.2) is 72.8 Å². The third-order valence-electron chi connectivity index (χ3n) is 6.98. The van der Waals surface area contributed by atoms with Gasteiger partial charge in [-0.2, -0.15) is 4.57 Å². The van der Waals surface area contributed by atoms with Gasteiger partial charge in [-0.3, -0.25) is 0 Å². The number of fused-ring (bicyclic) bond motifs is 1. The first-order valence-electron chi connectivity index (χ1n) is 11.9. The van der Waals surface area contributed by atoms with Crippen LogP contribution in [0.4, 0.5) is 0 Å². The monoisotopic (exact) mass is 422 g/mol. The first-order valence-corrected chi connectivity index (χ1v) is 11.9. The molecule has 164 valence electrons. The van der Waals surface area contributed by atoms with Crippen LogP contribution in [-0.2, 0) is 7.05 Å². The normalized spacial score (nSPS) is 11.8. The molecule has 0 N–H and O–H groups in total. The van der Waals surface area contributed by atoms with Crippen LogP contribution >= 0.6 is 0 Å². The van der Waals surface area contributed by atoms with E-state index in [4.69, 9.17) is 0 Å². The van der Waals surface area contributed by atoms with E-state index in [0.29, 0.717) is 17.8 Å². The second-order valence-electron chi connectivity index (χ2n) is 9.95. The van der Waals surface area contributed by atoms with Gasteiger partial charge in [-0.05, 0) is 64.5 Å². The summed E-state index contributed by atoms with van der Waals surface area (Å²) in [6, 6.07) is 27.0. The molecular weight excluding hydrogens is 386 g/mol. The van der Waals surface area contributed by atoms with Gasteiger partial charge in [0.25, 0.3) is 0 Å². The summed E-state index contributed by atoms with van der Waals surface area (Å²) >= 11 is 0. The van der Waals surface area contributed by atoms with E-state index in [1.165, 1.54) is 50.0 Å². The Morgan fingerprint density at radius 1 is 0.688 bits per heavy atom. The molecule has 0 radical (unpaired) electrons. The maximum atomic E-state index is 2.44. The molecule has 0 aliphatic heterocycles. The van der Waals surface area contributed by atoms with Crippen LogP contribution in [0.25, 0.3) is 33.2 Å². The van der Waals surface area contributed by atoms with E-state index in [-0.39, 0.29) is 0 Å². The van der Waals surface area contributed by atoms with Gasteiger partial charge < -0.3 is 0 Å². The van der Waals surface area contributed by atoms with Crippen LogP contribution in [0, 0.1) is 25.7 Å². The summed E-state index contributed by atoms with van der Waals surface area (Å²) in [7, 11) is 2.19. The summed E-state index contributed by atoms with van der Waals surface area (Å²) in [5, 5.41) is 2.66. The van der Waals surface area contributed by atoms with Crippen LogP contribution < -0.4 is 4.57 Å². The Bertz CT molecular complexity index is 1240. The summed E-state index contributed by atoms with van der Waals surface area (Å²) in [5.74, 6) is 1.82. The quantitative estimate of drug-likeness (QED) is 0.287. The highest BCUT2D eigenvalue weighted by atomic mass is 14.9. The van der Waals surface area contributed by atoms with Crippen LogP contribution in [0.1, 0.15) is 50.4 Å². The van der Waals surface area contributed by atoms with E-state index < -0.39 is 0 Å². The van der Waals surface area contributed by atoms with Crippen molar-refractivity contribution >= 4 is 10.8 Å². The zero-order valence-corrected chi connectivity index (χ0v) is 20.6. The van der Waals surface area contributed by atoms with E-state index in [1.54, 1.807) is 0 Å². The number of pyridine rings is 1. The molecule has 0 aliphatic rings. The molecule has 0 atom stereocenters. The van der Waals surface area contributed by atoms with Crippen molar-refractivity contribution in [1.29, 1.82) is 0 Å². The molecule has 4 rings (SSSR count). The first-order chi connectivity index (χ1) is 15.3. The molecule has 0 spiro atoms. The summed E-state index contributed by atoms with van der Waals surface area (Å²) in [6.07, 6.45) is 0. The predicted molar refractivity (Wildman–Crippen MR) is 138 cm³/mol. The summed E-state index contributed by atoms with van der Waals surface area (Å²) in [5.41, 5.74) is 9.16. The first kappa shape index (κ1) is 22.3. The number of hydrogen-bond donors (Lipinski definition) is 0. The SMILES string of the molecule is Cc1ccc(-c2ccccc2)cc1-c1c2ccc(C(C(C)C)C(C)C)cc2cc(C)[n+]1C. The molecule has 0 bridgehead atoms. The fourth-order valence-corrected chi connectivity index (χ4v) is 5.36. The Balaban J connectivity index is 1.94. The average Bonchev–Trinajstić information content (AvgIpc) is 2.76. The Morgan fingerprint density at radius 3 is 2.03 bits per heavy atom. The number of aryl methyl sites for hydroxylation is 2. The van der Waals surface area contributed by atoms with Crippen LogP contribution in [0.3, 0.4) is 0 Å². The van der Waals surface area contributed by atoms with E-state index in [0.717, 1.165) is 0 Å². The zero-order chi connectivity index (χ0) is 23.0. The van der Waals surface area contributed by atoms with Crippen molar-refractivity contribution in [1.82, 2.24) is 0 Å². The highest BCUT2D eigenvalue weighted by molar-refractivity contribution is 5.95. The third-order valence-corrected chi connectivity index (χ3v) is 6.98. The minimum absolute atomic E-state index is 0.570. The molecule has 0 unspecified atom stereocenters. The van der Waals surface area contributed by atoms with Crippen molar-refractivity contribution in [2.45, 2.75) is 47.5 Å². The van der Waals surface area contributed by atoms with E-state index in [1.807, 2.05) is 0 Å². The second kappa shape index (κ2) is 8.90. The molecule has 0 saturated carbocycles. The maximum absolute atomic E-state index is 2.44. The van der Waals surface area contributed by atoms with Gasteiger partial charge in [-0.1, -0.05) is 82.3 Å². The van der Waals surface area contributed by atoms with Gasteiger partial charge >= 0.3 is 0 Å². The van der Waals surface area contributed by atoms with Gasteiger partial charge in [0.15, 0.2) is 5.69 Å². The highest BCUT2D eigenvalue weighted by Crippen LogP contribution is 2.36. The molecule has 3 aromatic carbocycles. The minimum atomic E-state index is 0.570. The van der Waals surface area contributed by atoms with Crippen LogP contribution in [-0.4, -0.2) is 0 Å². The van der Waals surface area contributed by atoms with Gasteiger partial charge in [0, 0.05) is 13.0 Å².